The Labute approximate surface area is 164 Å². The molecule has 2 aromatic rings. The highest BCUT2D eigenvalue weighted by Gasteiger charge is 2.32. The van der Waals surface area contributed by atoms with Crippen LogP contribution in [-0.4, -0.2) is 43.5 Å². The standard InChI is InChI=1S/C22H22N4O2/c23-12-16-2-1-3-17(10-16)13-25-7-6-18-14-26(24-20(18)15-25)19-4-5-21-22(11-19)28-9-8-27-21/h1-5,10-11,18H,6-9,13-15H2. The molecule has 0 bridgehead atoms. The Bertz CT molecular complexity index is 965. The van der Waals surface area contributed by atoms with Crippen LogP contribution in [0.4, 0.5) is 5.69 Å². The van der Waals surface area contributed by atoms with Crippen LogP contribution in [0.1, 0.15) is 17.5 Å². The van der Waals surface area contributed by atoms with Crippen LogP contribution in [0.25, 0.3) is 0 Å². The van der Waals surface area contributed by atoms with Crippen LogP contribution in [0.3, 0.4) is 0 Å². The first kappa shape index (κ1) is 17.1. The summed E-state index contributed by atoms with van der Waals surface area (Å²) in [7, 11) is 0. The van der Waals surface area contributed by atoms with E-state index in [2.05, 4.69) is 28.1 Å². The molecule has 142 valence electrons. The predicted octanol–water partition coefficient (Wildman–Crippen LogP) is 3.03. The zero-order valence-corrected chi connectivity index (χ0v) is 15.7. The summed E-state index contributed by atoms with van der Waals surface area (Å²) in [5.74, 6) is 2.12. The zero-order valence-electron chi connectivity index (χ0n) is 15.7. The number of rotatable bonds is 3. The van der Waals surface area contributed by atoms with Gasteiger partial charge in [0.2, 0.25) is 0 Å². The first-order valence-electron chi connectivity index (χ1n) is 9.74. The Morgan fingerprint density at radius 3 is 2.89 bits per heavy atom. The molecule has 0 spiro atoms. The summed E-state index contributed by atoms with van der Waals surface area (Å²) >= 11 is 0. The van der Waals surface area contributed by atoms with E-state index >= 15 is 0 Å². The second-order valence-corrected chi connectivity index (χ2v) is 7.51. The third-order valence-electron chi connectivity index (χ3n) is 5.58. The Kier molecular flexibility index (Phi) is 4.38. The maximum absolute atomic E-state index is 9.10. The first-order chi connectivity index (χ1) is 13.8. The van der Waals surface area contributed by atoms with E-state index in [1.54, 1.807) is 0 Å². The molecule has 2 aromatic carbocycles. The molecule has 1 fully saturated rings. The van der Waals surface area contributed by atoms with Crippen LogP contribution < -0.4 is 14.5 Å². The van der Waals surface area contributed by atoms with Crippen molar-refractivity contribution >= 4 is 11.4 Å². The maximum atomic E-state index is 9.10. The number of ether oxygens (including phenoxy) is 2. The number of fused-ring (bicyclic) bond motifs is 2. The quantitative estimate of drug-likeness (QED) is 0.826. The zero-order chi connectivity index (χ0) is 18.9. The van der Waals surface area contributed by atoms with Crippen LogP contribution in [0.5, 0.6) is 11.5 Å². The Balaban J connectivity index is 1.29. The first-order valence-corrected chi connectivity index (χ1v) is 9.74. The summed E-state index contributed by atoms with van der Waals surface area (Å²) in [6.45, 7) is 4.90. The molecular weight excluding hydrogens is 352 g/mol. The van der Waals surface area contributed by atoms with E-state index in [0.717, 1.165) is 55.3 Å². The second-order valence-electron chi connectivity index (χ2n) is 7.51. The van der Waals surface area contributed by atoms with Gasteiger partial charge in [-0.1, -0.05) is 12.1 Å². The van der Waals surface area contributed by atoms with Gasteiger partial charge in [0.1, 0.15) is 13.2 Å². The third kappa shape index (κ3) is 3.30. The average molecular weight is 374 g/mol. The minimum absolute atomic E-state index is 0.509. The average Bonchev–Trinajstić information content (AvgIpc) is 3.17. The van der Waals surface area contributed by atoms with Crippen molar-refractivity contribution in [3.63, 3.8) is 0 Å². The number of anilines is 1. The van der Waals surface area contributed by atoms with Crippen molar-refractivity contribution in [1.82, 2.24) is 4.90 Å². The molecule has 3 aliphatic heterocycles. The van der Waals surface area contributed by atoms with Gasteiger partial charge in [0.25, 0.3) is 0 Å². The lowest BCUT2D eigenvalue weighted by molar-refractivity contribution is 0.171. The molecule has 1 saturated heterocycles. The Hall–Kier alpha value is -3.04. The lowest BCUT2D eigenvalue weighted by Crippen LogP contribution is -2.40. The van der Waals surface area contributed by atoms with Gasteiger partial charge in [0.05, 0.1) is 23.0 Å². The molecule has 0 radical (unpaired) electrons. The molecule has 3 aliphatic rings. The summed E-state index contributed by atoms with van der Waals surface area (Å²) in [5.41, 5.74) is 4.20. The van der Waals surface area contributed by atoms with Crippen LogP contribution in [0, 0.1) is 17.2 Å². The van der Waals surface area contributed by atoms with E-state index in [9.17, 15) is 0 Å². The summed E-state index contributed by atoms with van der Waals surface area (Å²) < 4.78 is 11.3. The number of hydrazone groups is 1. The normalized spacial score (nSPS) is 21.0. The molecular formula is C22H22N4O2. The van der Waals surface area contributed by atoms with Crippen molar-refractivity contribution in [3.05, 3.63) is 53.6 Å². The van der Waals surface area contributed by atoms with E-state index in [4.69, 9.17) is 19.8 Å². The molecule has 0 amide bonds. The SMILES string of the molecule is N#Cc1cccc(CN2CCC3CN(c4ccc5c(c4)OCCO5)N=C3C2)c1. The molecule has 0 N–H and O–H groups in total. The molecule has 1 atom stereocenters. The van der Waals surface area contributed by atoms with Crippen LogP contribution >= 0.6 is 0 Å². The number of likely N-dealkylation sites (tertiary alicyclic amines) is 1. The number of nitriles is 1. The second kappa shape index (κ2) is 7.17. The van der Waals surface area contributed by atoms with Gasteiger partial charge in [-0.05, 0) is 42.8 Å². The summed E-state index contributed by atoms with van der Waals surface area (Å²) in [5, 5.41) is 16.1. The predicted molar refractivity (Wildman–Crippen MR) is 107 cm³/mol. The number of nitrogens with zero attached hydrogens (tertiary/aromatic N) is 4. The Morgan fingerprint density at radius 1 is 1.11 bits per heavy atom. The van der Waals surface area contributed by atoms with Crippen LogP contribution in [0.2, 0.25) is 0 Å². The van der Waals surface area contributed by atoms with Crippen molar-refractivity contribution in [2.45, 2.75) is 13.0 Å². The molecule has 0 aliphatic carbocycles. The summed E-state index contributed by atoms with van der Waals surface area (Å²) in [6.07, 6.45) is 1.11. The number of piperidine rings is 1. The van der Waals surface area contributed by atoms with Crippen molar-refractivity contribution in [1.29, 1.82) is 5.26 Å². The fraction of sp³-hybridized carbons (Fsp3) is 0.364. The number of hydrogen-bond donors (Lipinski definition) is 0. The van der Waals surface area contributed by atoms with E-state index in [-0.39, 0.29) is 0 Å². The minimum Gasteiger partial charge on any atom is -0.486 e. The molecule has 0 aromatic heterocycles. The fourth-order valence-corrected chi connectivity index (χ4v) is 4.14. The highest BCUT2D eigenvalue weighted by atomic mass is 16.6. The molecule has 5 rings (SSSR count). The molecule has 0 saturated carbocycles. The van der Waals surface area contributed by atoms with Gasteiger partial charge in [-0.3, -0.25) is 9.91 Å². The molecule has 1 unspecified atom stereocenters. The smallest absolute Gasteiger partial charge is 0.163 e. The molecule has 3 heterocycles. The van der Waals surface area contributed by atoms with Crippen LogP contribution in [-0.2, 0) is 6.54 Å². The Morgan fingerprint density at radius 2 is 2.00 bits per heavy atom. The largest absolute Gasteiger partial charge is 0.486 e. The van der Waals surface area contributed by atoms with Gasteiger partial charge in [-0.2, -0.15) is 10.4 Å². The van der Waals surface area contributed by atoms with Gasteiger partial charge in [-0.15, -0.1) is 0 Å². The van der Waals surface area contributed by atoms with Crippen LogP contribution in [0.15, 0.2) is 47.6 Å². The third-order valence-corrected chi connectivity index (χ3v) is 5.58. The lowest BCUT2D eigenvalue weighted by atomic mass is 9.95. The van der Waals surface area contributed by atoms with Gasteiger partial charge in [-0.25, -0.2) is 0 Å². The monoisotopic (exact) mass is 374 g/mol. The van der Waals surface area contributed by atoms with Crippen molar-refractivity contribution in [2.75, 3.05) is 37.9 Å². The van der Waals surface area contributed by atoms with Gasteiger partial charge >= 0.3 is 0 Å². The van der Waals surface area contributed by atoms with E-state index in [1.807, 2.05) is 30.3 Å². The van der Waals surface area contributed by atoms with Crippen molar-refractivity contribution in [2.24, 2.45) is 11.0 Å². The molecule has 28 heavy (non-hydrogen) atoms. The van der Waals surface area contributed by atoms with Crippen molar-refractivity contribution in [3.8, 4) is 17.6 Å². The number of hydrogen-bond acceptors (Lipinski definition) is 6. The van der Waals surface area contributed by atoms with Gasteiger partial charge < -0.3 is 9.47 Å². The van der Waals surface area contributed by atoms with Gasteiger partial charge in [0.15, 0.2) is 11.5 Å². The van der Waals surface area contributed by atoms with Gasteiger partial charge in [0, 0.05) is 31.6 Å². The molecule has 6 heteroatoms. The highest BCUT2D eigenvalue weighted by molar-refractivity contribution is 5.92. The summed E-state index contributed by atoms with van der Waals surface area (Å²) in [6, 6.07) is 16.1. The minimum atomic E-state index is 0.509. The fourth-order valence-electron chi connectivity index (χ4n) is 4.14. The topological polar surface area (TPSA) is 61.1 Å². The highest BCUT2D eigenvalue weighted by Crippen LogP contribution is 2.36. The molecule has 6 nitrogen and oxygen atoms in total. The summed E-state index contributed by atoms with van der Waals surface area (Å²) in [4.78, 5) is 2.42. The van der Waals surface area contributed by atoms with E-state index < -0.39 is 0 Å². The van der Waals surface area contributed by atoms with E-state index in [1.165, 1.54) is 11.3 Å². The maximum Gasteiger partial charge on any atom is 0.163 e. The van der Waals surface area contributed by atoms with Crippen molar-refractivity contribution < 1.29 is 9.47 Å². The van der Waals surface area contributed by atoms with E-state index in [0.29, 0.717) is 19.1 Å². The lowest BCUT2D eigenvalue weighted by Gasteiger charge is -2.30. The number of benzene rings is 2.